The minimum absolute atomic E-state index is 0.219. The largest absolute Gasteiger partial charge is 0.396 e. The van der Waals surface area contributed by atoms with Crippen molar-refractivity contribution in [1.29, 1.82) is 0 Å². The highest BCUT2D eigenvalue weighted by atomic mass is 16.3. The number of rotatable bonds is 7. The molecule has 0 aliphatic heterocycles. The summed E-state index contributed by atoms with van der Waals surface area (Å²) in [6.45, 7) is 3.36. The molecule has 1 atom stereocenters. The molecule has 1 saturated carbocycles. The molecule has 0 spiro atoms. The number of imidazole rings is 1. The number of aliphatic hydroxyl groups excluding tert-OH is 1. The van der Waals surface area contributed by atoms with Crippen LogP contribution in [0.25, 0.3) is 0 Å². The Morgan fingerprint density at radius 3 is 3.06 bits per heavy atom. The number of hydrogen-bond donors (Lipinski definition) is 2. The Morgan fingerprint density at radius 2 is 2.44 bits per heavy atom. The van der Waals surface area contributed by atoms with Crippen molar-refractivity contribution in [3.63, 3.8) is 0 Å². The Morgan fingerprint density at radius 1 is 1.62 bits per heavy atom. The Balaban J connectivity index is 2.06. The van der Waals surface area contributed by atoms with Crippen LogP contribution < -0.4 is 5.32 Å². The van der Waals surface area contributed by atoms with Gasteiger partial charge in [0.2, 0.25) is 0 Å². The minimum Gasteiger partial charge on any atom is -0.396 e. The Hall–Kier alpha value is -0.870. The number of hydrogen-bond acceptors (Lipinski definition) is 3. The second-order valence-corrected chi connectivity index (χ2v) is 4.48. The summed E-state index contributed by atoms with van der Waals surface area (Å²) < 4.78 is 2.27. The van der Waals surface area contributed by atoms with Gasteiger partial charge in [0.05, 0.1) is 18.1 Å². The summed E-state index contributed by atoms with van der Waals surface area (Å²) in [6.07, 6.45) is 8.26. The zero-order chi connectivity index (χ0) is 11.4. The molecule has 4 nitrogen and oxygen atoms in total. The van der Waals surface area contributed by atoms with Crippen molar-refractivity contribution in [3.8, 4) is 0 Å². The van der Waals surface area contributed by atoms with E-state index in [1.54, 1.807) is 0 Å². The predicted octanol–water partition coefficient (Wildman–Crippen LogP) is 1.64. The lowest BCUT2D eigenvalue weighted by Crippen LogP contribution is -2.25. The number of aromatic nitrogens is 2. The average Bonchev–Trinajstić information content (AvgIpc) is 3.03. The van der Waals surface area contributed by atoms with E-state index in [0.29, 0.717) is 6.04 Å². The topological polar surface area (TPSA) is 50.1 Å². The molecule has 1 fully saturated rings. The molecule has 0 amide bonds. The molecule has 1 aromatic heterocycles. The predicted molar refractivity (Wildman–Crippen MR) is 63.2 cm³/mol. The van der Waals surface area contributed by atoms with Crippen molar-refractivity contribution in [2.45, 2.75) is 44.7 Å². The second kappa shape index (κ2) is 5.46. The van der Waals surface area contributed by atoms with Crippen molar-refractivity contribution in [1.82, 2.24) is 14.9 Å². The first-order valence-corrected chi connectivity index (χ1v) is 6.22. The molecule has 2 N–H and O–H groups in total. The van der Waals surface area contributed by atoms with Crippen LogP contribution in [0.1, 0.15) is 50.4 Å². The lowest BCUT2D eigenvalue weighted by molar-refractivity contribution is 0.262. The second-order valence-electron chi connectivity index (χ2n) is 4.48. The van der Waals surface area contributed by atoms with Crippen LogP contribution in [0.3, 0.4) is 0 Å². The summed E-state index contributed by atoms with van der Waals surface area (Å²) in [5.74, 6) is 0. The Bertz CT molecular complexity index is 320. The van der Waals surface area contributed by atoms with Gasteiger partial charge in [0.25, 0.3) is 0 Å². The van der Waals surface area contributed by atoms with Gasteiger partial charge in [-0.25, -0.2) is 4.98 Å². The molecule has 1 heterocycles. The summed E-state index contributed by atoms with van der Waals surface area (Å²) in [4.78, 5) is 4.24. The molecule has 1 aliphatic rings. The standard InChI is InChI=1S/C12H21N3O/c1-2-6-14-11(5-7-16)12-8-13-9-15(12)10-3-4-10/h8-11,14,16H,2-7H2,1H3. The van der Waals surface area contributed by atoms with Crippen LogP contribution in [0.2, 0.25) is 0 Å². The average molecular weight is 223 g/mol. The third kappa shape index (κ3) is 2.62. The lowest BCUT2D eigenvalue weighted by Gasteiger charge is -2.19. The van der Waals surface area contributed by atoms with Gasteiger partial charge in [0, 0.05) is 18.8 Å². The summed E-state index contributed by atoms with van der Waals surface area (Å²) in [7, 11) is 0. The molecule has 16 heavy (non-hydrogen) atoms. The molecule has 1 aliphatic carbocycles. The van der Waals surface area contributed by atoms with E-state index < -0.39 is 0 Å². The fraction of sp³-hybridized carbons (Fsp3) is 0.750. The fourth-order valence-corrected chi connectivity index (χ4v) is 2.04. The van der Waals surface area contributed by atoms with Gasteiger partial charge in [0.1, 0.15) is 0 Å². The van der Waals surface area contributed by atoms with Crippen molar-refractivity contribution >= 4 is 0 Å². The third-order valence-corrected chi connectivity index (χ3v) is 3.05. The van der Waals surface area contributed by atoms with E-state index in [4.69, 9.17) is 5.11 Å². The lowest BCUT2D eigenvalue weighted by atomic mass is 10.1. The van der Waals surface area contributed by atoms with Crippen LogP contribution in [-0.4, -0.2) is 27.8 Å². The zero-order valence-electron chi connectivity index (χ0n) is 9.89. The van der Waals surface area contributed by atoms with Crippen LogP contribution in [-0.2, 0) is 0 Å². The summed E-state index contributed by atoms with van der Waals surface area (Å²) in [5, 5.41) is 12.6. The maximum atomic E-state index is 9.11. The molecule has 1 unspecified atom stereocenters. The van der Waals surface area contributed by atoms with E-state index >= 15 is 0 Å². The highest BCUT2D eigenvalue weighted by Gasteiger charge is 2.27. The van der Waals surface area contributed by atoms with Gasteiger partial charge in [0.15, 0.2) is 0 Å². The van der Waals surface area contributed by atoms with Crippen LogP contribution in [0.5, 0.6) is 0 Å². The fourth-order valence-electron chi connectivity index (χ4n) is 2.04. The molecular formula is C12H21N3O. The van der Waals surface area contributed by atoms with Gasteiger partial charge in [-0.3, -0.25) is 0 Å². The van der Waals surface area contributed by atoms with Gasteiger partial charge in [-0.2, -0.15) is 0 Å². The van der Waals surface area contributed by atoms with Crippen molar-refractivity contribution in [2.24, 2.45) is 0 Å². The van der Waals surface area contributed by atoms with E-state index in [0.717, 1.165) is 19.4 Å². The van der Waals surface area contributed by atoms with Gasteiger partial charge in [-0.05, 0) is 32.2 Å². The summed E-state index contributed by atoms with van der Waals surface area (Å²) in [6, 6.07) is 0.898. The first kappa shape index (κ1) is 11.6. The van der Waals surface area contributed by atoms with Gasteiger partial charge in [-0.1, -0.05) is 6.92 Å². The monoisotopic (exact) mass is 223 g/mol. The summed E-state index contributed by atoms with van der Waals surface area (Å²) in [5.41, 5.74) is 1.23. The number of aliphatic hydroxyl groups is 1. The minimum atomic E-state index is 0.219. The molecule has 2 rings (SSSR count). The van der Waals surface area contributed by atoms with E-state index in [9.17, 15) is 0 Å². The van der Waals surface area contributed by atoms with Crippen molar-refractivity contribution in [3.05, 3.63) is 18.2 Å². The molecule has 0 saturated heterocycles. The van der Waals surface area contributed by atoms with E-state index in [1.807, 2.05) is 12.5 Å². The van der Waals surface area contributed by atoms with Gasteiger partial charge < -0.3 is 15.0 Å². The molecule has 90 valence electrons. The number of nitrogens with one attached hydrogen (secondary N) is 1. The maximum Gasteiger partial charge on any atom is 0.0951 e. The highest BCUT2D eigenvalue weighted by Crippen LogP contribution is 2.37. The highest BCUT2D eigenvalue weighted by molar-refractivity contribution is 5.09. The van der Waals surface area contributed by atoms with Gasteiger partial charge >= 0.3 is 0 Å². The van der Waals surface area contributed by atoms with Crippen LogP contribution in [0, 0.1) is 0 Å². The maximum absolute atomic E-state index is 9.11. The van der Waals surface area contributed by atoms with Crippen LogP contribution >= 0.6 is 0 Å². The first-order chi connectivity index (χ1) is 7.86. The normalized spacial score (nSPS) is 17.6. The van der Waals surface area contributed by atoms with E-state index in [1.165, 1.54) is 18.5 Å². The quantitative estimate of drug-likeness (QED) is 0.739. The first-order valence-electron chi connectivity index (χ1n) is 6.22. The molecule has 0 radical (unpaired) electrons. The summed E-state index contributed by atoms with van der Waals surface area (Å²) >= 11 is 0. The molecular weight excluding hydrogens is 202 g/mol. The Labute approximate surface area is 96.7 Å². The van der Waals surface area contributed by atoms with Crippen molar-refractivity contribution < 1.29 is 5.11 Å². The van der Waals surface area contributed by atoms with E-state index in [-0.39, 0.29) is 12.6 Å². The van der Waals surface area contributed by atoms with Crippen molar-refractivity contribution in [2.75, 3.05) is 13.2 Å². The SMILES string of the molecule is CCCNC(CCO)c1cncn1C1CC1. The molecule has 0 aromatic carbocycles. The van der Waals surface area contributed by atoms with E-state index in [2.05, 4.69) is 21.8 Å². The smallest absolute Gasteiger partial charge is 0.0951 e. The Kier molecular flexibility index (Phi) is 3.96. The van der Waals surface area contributed by atoms with Gasteiger partial charge in [-0.15, -0.1) is 0 Å². The molecule has 1 aromatic rings. The van der Waals surface area contributed by atoms with Crippen LogP contribution in [0.4, 0.5) is 0 Å². The molecule has 4 heteroatoms. The third-order valence-electron chi connectivity index (χ3n) is 3.05. The zero-order valence-corrected chi connectivity index (χ0v) is 9.89. The molecule has 0 bridgehead atoms. The number of nitrogens with zero attached hydrogens (tertiary/aromatic N) is 2. The van der Waals surface area contributed by atoms with Crippen LogP contribution in [0.15, 0.2) is 12.5 Å².